The molecule has 1 aromatic carbocycles. The Morgan fingerprint density at radius 1 is 1.40 bits per heavy atom. The van der Waals surface area contributed by atoms with Gasteiger partial charge in [-0.1, -0.05) is 13.0 Å². The number of hydrogen-bond acceptors (Lipinski definition) is 4. The van der Waals surface area contributed by atoms with Crippen LogP contribution in [0.15, 0.2) is 41.0 Å². The smallest absolute Gasteiger partial charge is 0.144 e. The van der Waals surface area contributed by atoms with Crippen molar-refractivity contribution in [2.45, 2.75) is 26.4 Å². The van der Waals surface area contributed by atoms with Crippen molar-refractivity contribution in [3.05, 3.63) is 41.0 Å². The summed E-state index contributed by atoms with van der Waals surface area (Å²) >= 11 is 3.44. The molecule has 0 bridgehead atoms. The Morgan fingerprint density at radius 2 is 2.20 bits per heavy atom. The number of benzene rings is 1. The van der Waals surface area contributed by atoms with Crippen molar-refractivity contribution in [1.82, 2.24) is 4.98 Å². The van der Waals surface area contributed by atoms with Crippen molar-refractivity contribution >= 4 is 33.1 Å². The molecule has 0 saturated heterocycles. The average Bonchev–Trinajstić information content (AvgIpc) is 2.42. The molecule has 0 amide bonds. The van der Waals surface area contributed by atoms with Gasteiger partial charge < -0.3 is 15.8 Å². The Hall–Kier alpha value is -1.75. The summed E-state index contributed by atoms with van der Waals surface area (Å²) in [6.45, 7) is 4.15. The Balaban J connectivity index is 2.15. The highest BCUT2D eigenvalue weighted by atomic mass is 79.9. The van der Waals surface area contributed by atoms with Crippen LogP contribution in [0.4, 0.5) is 17.2 Å². The van der Waals surface area contributed by atoms with Crippen molar-refractivity contribution in [2.75, 3.05) is 11.1 Å². The van der Waals surface area contributed by atoms with E-state index in [0.717, 1.165) is 28.1 Å². The van der Waals surface area contributed by atoms with Gasteiger partial charge in [-0.2, -0.15) is 0 Å². The number of halogens is 1. The number of ether oxygens (including phenoxy) is 1. The maximum Gasteiger partial charge on any atom is 0.144 e. The number of nitrogen functional groups attached to an aromatic ring is 1. The van der Waals surface area contributed by atoms with Crippen LogP contribution in [0.25, 0.3) is 0 Å². The minimum Gasteiger partial charge on any atom is -0.491 e. The maximum atomic E-state index is 5.80. The van der Waals surface area contributed by atoms with Crippen molar-refractivity contribution in [3.8, 4) is 5.75 Å². The van der Waals surface area contributed by atoms with Crippen LogP contribution in [0.3, 0.4) is 0 Å². The van der Waals surface area contributed by atoms with E-state index in [4.69, 9.17) is 10.5 Å². The number of aromatic nitrogens is 1. The van der Waals surface area contributed by atoms with Gasteiger partial charge in [0.25, 0.3) is 0 Å². The van der Waals surface area contributed by atoms with Gasteiger partial charge in [-0.05, 0) is 47.5 Å². The number of nitrogens with zero attached hydrogens (tertiary/aromatic N) is 1. The molecule has 1 heterocycles. The fourth-order valence-electron chi connectivity index (χ4n) is 1.64. The lowest BCUT2D eigenvalue weighted by atomic mass is 10.2. The number of pyridine rings is 1. The zero-order chi connectivity index (χ0) is 14.5. The molecule has 0 aliphatic rings. The molecule has 0 aliphatic heterocycles. The largest absolute Gasteiger partial charge is 0.491 e. The fraction of sp³-hybridized carbons (Fsp3) is 0.267. The Labute approximate surface area is 127 Å². The normalized spacial score (nSPS) is 11.9. The molecule has 20 heavy (non-hydrogen) atoms. The highest BCUT2D eigenvalue weighted by Crippen LogP contribution is 2.27. The zero-order valence-electron chi connectivity index (χ0n) is 11.6. The highest BCUT2D eigenvalue weighted by Gasteiger charge is 2.05. The van der Waals surface area contributed by atoms with E-state index < -0.39 is 0 Å². The first-order chi connectivity index (χ1) is 9.58. The second-order valence-corrected chi connectivity index (χ2v) is 5.44. The number of rotatable bonds is 5. The van der Waals surface area contributed by atoms with Crippen molar-refractivity contribution in [3.63, 3.8) is 0 Å². The Morgan fingerprint density at radius 3 is 2.90 bits per heavy atom. The van der Waals surface area contributed by atoms with Crippen LogP contribution in [0.2, 0.25) is 0 Å². The predicted octanol–water partition coefficient (Wildman–Crippen LogP) is 4.35. The molecule has 2 rings (SSSR count). The Kier molecular flexibility index (Phi) is 4.84. The van der Waals surface area contributed by atoms with Crippen LogP contribution in [0, 0.1) is 0 Å². The molecular formula is C15H18BrN3O. The summed E-state index contributed by atoms with van der Waals surface area (Å²) in [5, 5.41) is 3.24. The lowest BCUT2D eigenvalue weighted by Crippen LogP contribution is -2.09. The van der Waals surface area contributed by atoms with Crippen molar-refractivity contribution in [1.29, 1.82) is 0 Å². The molecule has 1 aromatic heterocycles. The molecule has 0 fully saturated rings. The summed E-state index contributed by atoms with van der Waals surface area (Å²) in [6.07, 6.45) is 2.79. The van der Waals surface area contributed by atoms with Gasteiger partial charge in [0.1, 0.15) is 11.6 Å². The highest BCUT2D eigenvalue weighted by molar-refractivity contribution is 9.10. The number of nitrogens with one attached hydrogen (secondary N) is 1. The quantitative estimate of drug-likeness (QED) is 0.852. The van der Waals surface area contributed by atoms with Gasteiger partial charge >= 0.3 is 0 Å². The SMILES string of the molecule is CCC(C)Oc1cccc(Nc2ncc(N)cc2Br)c1. The van der Waals surface area contributed by atoms with Crippen LogP contribution >= 0.6 is 15.9 Å². The number of hydrogen-bond donors (Lipinski definition) is 2. The summed E-state index contributed by atoms with van der Waals surface area (Å²) in [7, 11) is 0. The molecule has 1 atom stereocenters. The molecule has 0 radical (unpaired) electrons. The van der Waals surface area contributed by atoms with Gasteiger partial charge in [-0.15, -0.1) is 0 Å². The third-order valence-electron chi connectivity index (χ3n) is 2.87. The molecule has 106 valence electrons. The summed E-state index contributed by atoms with van der Waals surface area (Å²) in [5.74, 6) is 1.57. The second-order valence-electron chi connectivity index (χ2n) is 4.59. The maximum absolute atomic E-state index is 5.80. The summed E-state index contributed by atoms with van der Waals surface area (Å²) < 4.78 is 6.62. The standard InChI is InChI=1S/C15H18BrN3O/c1-3-10(2)20-13-6-4-5-12(8-13)19-15-14(16)7-11(17)9-18-15/h4-10H,3,17H2,1-2H3,(H,18,19). The molecule has 3 N–H and O–H groups in total. The van der Waals surface area contributed by atoms with E-state index in [9.17, 15) is 0 Å². The van der Waals surface area contributed by atoms with Crippen molar-refractivity contribution < 1.29 is 4.74 Å². The van der Waals surface area contributed by atoms with Gasteiger partial charge in [0.2, 0.25) is 0 Å². The first kappa shape index (κ1) is 14.7. The predicted molar refractivity (Wildman–Crippen MR) is 86.5 cm³/mol. The summed E-state index contributed by atoms with van der Waals surface area (Å²) in [4.78, 5) is 4.26. The van der Waals surface area contributed by atoms with E-state index >= 15 is 0 Å². The minimum absolute atomic E-state index is 0.201. The molecule has 1 unspecified atom stereocenters. The molecule has 0 saturated carbocycles. The molecule has 0 aliphatic carbocycles. The van der Waals surface area contributed by atoms with Gasteiger partial charge in [-0.3, -0.25) is 0 Å². The fourth-order valence-corrected chi connectivity index (χ4v) is 2.11. The van der Waals surface area contributed by atoms with Crippen LogP contribution in [-0.4, -0.2) is 11.1 Å². The van der Waals surface area contributed by atoms with Crippen molar-refractivity contribution in [2.24, 2.45) is 0 Å². The summed E-state index contributed by atoms with van der Waals surface area (Å²) in [6, 6.07) is 9.63. The second kappa shape index (κ2) is 6.61. The molecule has 5 heteroatoms. The molecule has 0 spiro atoms. The zero-order valence-corrected chi connectivity index (χ0v) is 13.1. The van der Waals surface area contributed by atoms with Crippen LogP contribution in [0.5, 0.6) is 5.75 Å². The Bertz CT molecular complexity index is 589. The van der Waals surface area contributed by atoms with Gasteiger partial charge in [0.15, 0.2) is 0 Å². The van der Waals surface area contributed by atoms with Crippen LogP contribution in [-0.2, 0) is 0 Å². The third kappa shape index (κ3) is 3.87. The lowest BCUT2D eigenvalue weighted by Gasteiger charge is -2.14. The van der Waals surface area contributed by atoms with Gasteiger partial charge in [0, 0.05) is 11.8 Å². The first-order valence-electron chi connectivity index (χ1n) is 6.53. The van der Waals surface area contributed by atoms with E-state index in [1.54, 1.807) is 6.20 Å². The van der Waals surface area contributed by atoms with Gasteiger partial charge in [0.05, 0.1) is 22.5 Å². The van der Waals surface area contributed by atoms with E-state index in [1.807, 2.05) is 30.3 Å². The van der Waals surface area contributed by atoms with E-state index in [0.29, 0.717) is 5.69 Å². The monoisotopic (exact) mass is 335 g/mol. The number of anilines is 3. The lowest BCUT2D eigenvalue weighted by molar-refractivity contribution is 0.217. The topological polar surface area (TPSA) is 60.2 Å². The molecule has 2 aromatic rings. The average molecular weight is 336 g/mol. The van der Waals surface area contributed by atoms with Gasteiger partial charge in [-0.25, -0.2) is 4.98 Å². The van der Waals surface area contributed by atoms with Crippen LogP contribution in [0.1, 0.15) is 20.3 Å². The minimum atomic E-state index is 0.201. The third-order valence-corrected chi connectivity index (χ3v) is 3.48. The number of nitrogens with two attached hydrogens (primary N) is 1. The van der Waals surface area contributed by atoms with E-state index in [1.165, 1.54) is 0 Å². The molecular weight excluding hydrogens is 318 g/mol. The van der Waals surface area contributed by atoms with E-state index in [2.05, 4.69) is 40.1 Å². The summed E-state index contributed by atoms with van der Waals surface area (Å²) in [5.41, 5.74) is 7.22. The van der Waals surface area contributed by atoms with E-state index in [-0.39, 0.29) is 6.10 Å². The van der Waals surface area contributed by atoms with Crippen LogP contribution < -0.4 is 15.8 Å². The first-order valence-corrected chi connectivity index (χ1v) is 7.32. The molecule has 4 nitrogen and oxygen atoms in total.